The van der Waals surface area contributed by atoms with Crippen LogP contribution in [0.2, 0.25) is 0 Å². The van der Waals surface area contributed by atoms with Crippen molar-refractivity contribution in [3.8, 4) is 0 Å². The molecule has 25 heavy (non-hydrogen) atoms. The molecule has 3 rings (SSSR count). The average Bonchev–Trinajstić information content (AvgIpc) is 3.39. The maximum absolute atomic E-state index is 10.6. The van der Waals surface area contributed by atoms with Gasteiger partial charge < -0.3 is 15.7 Å². The van der Waals surface area contributed by atoms with Gasteiger partial charge in [-0.1, -0.05) is 48.9 Å². The number of nitrogens with one attached hydrogen (secondary N) is 2. The fraction of sp³-hybridized carbons (Fsp3) is 0.571. The summed E-state index contributed by atoms with van der Waals surface area (Å²) < 4.78 is 0. The van der Waals surface area contributed by atoms with Crippen molar-refractivity contribution < 1.29 is 9.90 Å². The van der Waals surface area contributed by atoms with E-state index in [2.05, 4.69) is 54.0 Å². The van der Waals surface area contributed by atoms with Crippen molar-refractivity contribution in [2.75, 3.05) is 6.54 Å². The SMILES string of the molecule is CC/C(=C\c1ccccc1)[C@@H]1C[C@H]1N[C@H]1CC[C@@H](NCC(=O)O)CC1. The highest BCUT2D eigenvalue weighted by atomic mass is 16.4. The lowest BCUT2D eigenvalue weighted by atomic mass is 9.91. The molecule has 3 N–H and O–H groups in total. The molecule has 2 saturated carbocycles. The van der Waals surface area contributed by atoms with Crippen LogP contribution in [0, 0.1) is 5.92 Å². The Balaban J connectivity index is 1.44. The molecule has 0 unspecified atom stereocenters. The van der Waals surface area contributed by atoms with Gasteiger partial charge in [0, 0.05) is 18.1 Å². The summed E-state index contributed by atoms with van der Waals surface area (Å²) in [6.07, 6.45) is 9.16. The summed E-state index contributed by atoms with van der Waals surface area (Å²) >= 11 is 0. The van der Waals surface area contributed by atoms with Gasteiger partial charge in [0.05, 0.1) is 6.54 Å². The highest BCUT2D eigenvalue weighted by Gasteiger charge is 2.40. The Hall–Kier alpha value is -1.65. The standard InChI is InChI=1S/C21H30N2O2/c1-2-16(12-15-6-4-3-5-7-15)19-13-20(19)23-18-10-8-17(9-11-18)22-14-21(24)25/h3-7,12,17-20,22-23H,2,8-11,13-14H2,1H3,(H,24,25)/b16-12+/t17-,18+,19-,20+/m0/s1. The molecule has 0 aliphatic heterocycles. The van der Waals surface area contributed by atoms with Crippen molar-refractivity contribution >= 4 is 12.0 Å². The largest absolute Gasteiger partial charge is 0.480 e. The van der Waals surface area contributed by atoms with Crippen molar-refractivity contribution in [2.24, 2.45) is 5.92 Å². The van der Waals surface area contributed by atoms with Gasteiger partial charge in [0.1, 0.15) is 0 Å². The summed E-state index contributed by atoms with van der Waals surface area (Å²) in [5.41, 5.74) is 2.86. The molecule has 0 radical (unpaired) electrons. The summed E-state index contributed by atoms with van der Waals surface area (Å²) in [6.45, 7) is 2.33. The lowest BCUT2D eigenvalue weighted by Crippen LogP contribution is -2.42. The summed E-state index contributed by atoms with van der Waals surface area (Å²) in [6, 6.07) is 12.2. The molecule has 0 heterocycles. The summed E-state index contributed by atoms with van der Waals surface area (Å²) in [4.78, 5) is 10.6. The Labute approximate surface area is 150 Å². The Morgan fingerprint density at radius 3 is 2.48 bits per heavy atom. The molecule has 0 spiro atoms. The molecule has 0 aromatic heterocycles. The first-order chi connectivity index (χ1) is 12.2. The van der Waals surface area contributed by atoms with Crippen LogP contribution in [-0.4, -0.2) is 35.7 Å². The predicted molar refractivity (Wildman–Crippen MR) is 101 cm³/mol. The molecule has 136 valence electrons. The second kappa shape index (κ2) is 8.63. The Morgan fingerprint density at radius 2 is 1.84 bits per heavy atom. The molecule has 4 heteroatoms. The van der Waals surface area contributed by atoms with Crippen molar-refractivity contribution in [3.63, 3.8) is 0 Å². The van der Waals surface area contributed by atoms with Crippen LogP contribution in [0.3, 0.4) is 0 Å². The molecule has 0 saturated heterocycles. The van der Waals surface area contributed by atoms with Gasteiger partial charge in [-0.3, -0.25) is 4.79 Å². The normalized spacial score (nSPS) is 29.4. The number of carboxylic acid groups (broad SMARTS) is 1. The molecule has 0 bridgehead atoms. The number of carbonyl (C=O) groups is 1. The first-order valence-electron chi connectivity index (χ1n) is 9.62. The second-order valence-electron chi connectivity index (χ2n) is 7.42. The van der Waals surface area contributed by atoms with Crippen LogP contribution >= 0.6 is 0 Å². The number of carboxylic acids is 1. The van der Waals surface area contributed by atoms with Gasteiger partial charge in [-0.2, -0.15) is 0 Å². The van der Waals surface area contributed by atoms with E-state index in [9.17, 15) is 4.79 Å². The maximum atomic E-state index is 10.6. The molecule has 2 aliphatic rings. The number of rotatable bonds is 8. The van der Waals surface area contributed by atoms with Gasteiger partial charge >= 0.3 is 5.97 Å². The van der Waals surface area contributed by atoms with Crippen LogP contribution in [0.15, 0.2) is 35.9 Å². The Kier molecular flexibility index (Phi) is 6.27. The molecule has 2 fully saturated rings. The fourth-order valence-corrected chi connectivity index (χ4v) is 4.02. The molecule has 1 aromatic carbocycles. The number of aliphatic carboxylic acids is 1. The third kappa shape index (κ3) is 5.41. The topological polar surface area (TPSA) is 61.4 Å². The van der Waals surface area contributed by atoms with E-state index in [-0.39, 0.29) is 6.54 Å². The van der Waals surface area contributed by atoms with E-state index < -0.39 is 5.97 Å². The molecule has 2 atom stereocenters. The van der Waals surface area contributed by atoms with Gasteiger partial charge in [0.15, 0.2) is 0 Å². The second-order valence-corrected chi connectivity index (χ2v) is 7.42. The monoisotopic (exact) mass is 342 g/mol. The first-order valence-corrected chi connectivity index (χ1v) is 9.62. The minimum Gasteiger partial charge on any atom is -0.480 e. The molecule has 0 amide bonds. The summed E-state index contributed by atoms with van der Waals surface area (Å²) in [5.74, 6) is -0.0774. The zero-order valence-corrected chi connectivity index (χ0v) is 15.1. The zero-order valence-electron chi connectivity index (χ0n) is 15.1. The van der Waals surface area contributed by atoms with Crippen molar-refractivity contribution in [2.45, 2.75) is 63.6 Å². The number of hydrogen-bond donors (Lipinski definition) is 3. The van der Waals surface area contributed by atoms with Crippen LogP contribution in [-0.2, 0) is 4.79 Å². The van der Waals surface area contributed by atoms with Crippen molar-refractivity contribution in [1.82, 2.24) is 10.6 Å². The lowest BCUT2D eigenvalue weighted by Gasteiger charge is -2.29. The highest BCUT2D eigenvalue weighted by molar-refractivity contribution is 5.69. The van der Waals surface area contributed by atoms with Gasteiger partial charge in [0.25, 0.3) is 0 Å². The van der Waals surface area contributed by atoms with Crippen LogP contribution in [0.5, 0.6) is 0 Å². The molecule has 4 nitrogen and oxygen atoms in total. The van der Waals surface area contributed by atoms with Gasteiger partial charge in [-0.15, -0.1) is 0 Å². The van der Waals surface area contributed by atoms with Crippen molar-refractivity contribution in [1.29, 1.82) is 0 Å². The quantitative estimate of drug-likeness (QED) is 0.677. The third-order valence-corrected chi connectivity index (χ3v) is 5.55. The maximum Gasteiger partial charge on any atom is 0.317 e. The van der Waals surface area contributed by atoms with Crippen LogP contribution < -0.4 is 10.6 Å². The van der Waals surface area contributed by atoms with Crippen LogP contribution in [0.25, 0.3) is 6.08 Å². The van der Waals surface area contributed by atoms with E-state index in [1.165, 1.54) is 12.0 Å². The zero-order chi connectivity index (χ0) is 17.6. The van der Waals surface area contributed by atoms with Gasteiger partial charge in [-0.05, 0) is 50.0 Å². The number of benzene rings is 1. The van der Waals surface area contributed by atoms with Crippen molar-refractivity contribution in [3.05, 3.63) is 41.5 Å². The van der Waals surface area contributed by atoms with E-state index >= 15 is 0 Å². The van der Waals surface area contributed by atoms with E-state index in [0.29, 0.717) is 24.0 Å². The van der Waals surface area contributed by atoms with E-state index in [0.717, 1.165) is 32.1 Å². The molecule has 2 aliphatic carbocycles. The molecular weight excluding hydrogens is 312 g/mol. The first kappa shape index (κ1) is 18.2. The average molecular weight is 342 g/mol. The predicted octanol–water partition coefficient (Wildman–Crippen LogP) is 3.44. The van der Waals surface area contributed by atoms with Crippen LogP contribution in [0.1, 0.15) is 51.0 Å². The molecule has 1 aromatic rings. The van der Waals surface area contributed by atoms with Gasteiger partial charge in [0.2, 0.25) is 0 Å². The minimum absolute atomic E-state index is 0.0810. The third-order valence-electron chi connectivity index (χ3n) is 5.55. The van der Waals surface area contributed by atoms with E-state index in [4.69, 9.17) is 5.11 Å². The Morgan fingerprint density at radius 1 is 1.16 bits per heavy atom. The Bertz CT molecular complexity index is 591. The van der Waals surface area contributed by atoms with Gasteiger partial charge in [-0.25, -0.2) is 0 Å². The summed E-state index contributed by atoms with van der Waals surface area (Å²) in [5, 5.41) is 15.7. The molecular formula is C21H30N2O2. The van der Waals surface area contributed by atoms with E-state index in [1.54, 1.807) is 5.57 Å². The van der Waals surface area contributed by atoms with E-state index in [1.807, 2.05) is 0 Å². The fourth-order valence-electron chi connectivity index (χ4n) is 4.02. The lowest BCUT2D eigenvalue weighted by molar-refractivity contribution is -0.136. The smallest absolute Gasteiger partial charge is 0.317 e. The minimum atomic E-state index is -0.765. The van der Waals surface area contributed by atoms with Crippen LogP contribution in [0.4, 0.5) is 0 Å². The highest BCUT2D eigenvalue weighted by Crippen LogP contribution is 2.40. The summed E-state index contributed by atoms with van der Waals surface area (Å²) in [7, 11) is 0. The number of hydrogen-bond acceptors (Lipinski definition) is 3.